The SMILES string of the molecule is Nc1ccc(Br)cc1C(=O)Cc1cccnc1N. The van der Waals surface area contributed by atoms with E-state index in [4.69, 9.17) is 11.5 Å². The van der Waals surface area contributed by atoms with Gasteiger partial charge >= 0.3 is 0 Å². The first-order chi connectivity index (χ1) is 8.58. The molecule has 1 heterocycles. The Hall–Kier alpha value is -1.88. The van der Waals surface area contributed by atoms with E-state index in [-0.39, 0.29) is 12.2 Å². The molecule has 1 aromatic heterocycles. The highest BCUT2D eigenvalue weighted by molar-refractivity contribution is 9.10. The first kappa shape index (κ1) is 12.6. The number of anilines is 2. The number of Topliss-reactive ketones (excluding diaryl/α,β-unsaturated/α-hetero) is 1. The Morgan fingerprint density at radius 3 is 2.78 bits per heavy atom. The summed E-state index contributed by atoms with van der Waals surface area (Å²) in [5.74, 6) is 0.299. The minimum absolute atomic E-state index is 0.0755. The molecule has 0 fully saturated rings. The van der Waals surface area contributed by atoms with Gasteiger partial charge in [0.2, 0.25) is 0 Å². The molecule has 0 spiro atoms. The fraction of sp³-hybridized carbons (Fsp3) is 0.0769. The van der Waals surface area contributed by atoms with Gasteiger partial charge in [-0.15, -0.1) is 0 Å². The largest absolute Gasteiger partial charge is 0.398 e. The molecule has 92 valence electrons. The fourth-order valence-electron chi connectivity index (χ4n) is 1.64. The highest BCUT2D eigenvalue weighted by Crippen LogP contribution is 2.21. The number of benzene rings is 1. The number of nitrogens with zero attached hydrogens (tertiary/aromatic N) is 1. The van der Waals surface area contributed by atoms with Crippen molar-refractivity contribution in [2.75, 3.05) is 11.5 Å². The third-order valence-corrected chi connectivity index (χ3v) is 3.09. The Morgan fingerprint density at radius 1 is 1.28 bits per heavy atom. The second-order valence-corrected chi connectivity index (χ2v) is 4.79. The number of carbonyl (C=O) groups excluding carboxylic acids is 1. The smallest absolute Gasteiger partial charge is 0.169 e. The number of hydrogen-bond acceptors (Lipinski definition) is 4. The number of aromatic nitrogens is 1. The van der Waals surface area contributed by atoms with Crippen LogP contribution in [0.5, 0.6) is 0 Å². The molecule has 0 aliphatic heterocycles. The molecule has 2 rings (SSSR count). The third-order valence-electron chi connectivity index (χ3n) is 2.59. The van der Waals surface area contributed by atoms with Crippen LogP contribution in [0, 0.1) is 0 Å². The van der Waals surface area contributed by atoms with Gasteiger partial charge in [0, 0.05) is 33.9 Å². The van der Waals surface area contributed by atoms with Gasteiger partial charge in [0.05, 0.1) is 0 Å². The van der Waals surface area contributed by atoms with Crippen LogP contribution >= 0.6 is 15.9 Å². The lowest BCUT2D eigenvalue weighted by molar-refractivity contribution is 0.0994. The van der Waals surface area contributed by atoms with Crippen LogP contribution < -0.4 is 11.5 Å². The molecule has 0 atom stereocenters. The zero-order valence-corrected chi connectivity index (χ0v) is 11.1. The molecule has 0 amide bonds. The highest BCUT2D eigenvalue weighted by Gasteiger charge is 2.12. The fourth-order valence-corrected chi connectivity index (χ4v) is 2.00. The minimum atomic E-state index is -0.0755. The first-order valence-corrected chi connectivity index (χ1v) is 6.15. The summed E-state index contributed by atoms with van der Waals surface area (Å²) in [4.78, 5) is 16.1. The standard InChI is InChI=1S/C13H12BrN3O/c14-9-3-4-11(15)10(7-9)12(18)6-8-2-1-5-17-13(8)16/h1-5,7H,6,15H2,(H2,16,17). The van der Waals surface area contributed by atoms with Crippen molar-refractivity contribution in [3.05, 3.63) is 52.1 Å². The molecule has 4 nitrogen and oxygen atoms in total. The van der Waals surface area contributed by atoms with Crippen LogP contribution in [0.2, 0.25) is 0 Å². The number of hydrogen-bond donors (Lipinski definition) is 2. The van der Waals surface area contributed by atoms with Crippen LogP contribution in [0.1, 0.15) is 15.9 Å². The Labute approximate surface area is 113 Å². The Balaban J connectivity index is 2.28. The van der Waals surface area contributed by atoms with Gasteiger partial charge in [0.1, 0.15) is 5.82 Å². The van der Waals surface area contributed by atoms with Gasteiger partial charge in [-0.05, 0) is 24.3 Å². The second kappa shape index (κ2) is 5.18. The van der Waals surface area contributed by atoms with E-state index in [0.717, 1.165) is 4.47 Å². The summed E-state index contributed by atoms with van der Waals surface area (Å²) in [6.07, 6.45) is 1.79. The maximum absolute atomic E-state index is 12.2. The van der Waals surface area contributed by atoms with Crippen LogP contribution in [0.15, 0.2) is 41.0 Å². The number of nitrogens with two attached hydrogens (primary N) is 2. The lowest BCUT2D eigenvalue weighted by Crippen LogP contribution is -2.09. The maximum atomic E-state index is 12.2. The van der Waals surface area contributed by atoms with E-state index < -0.39 is 0 Å². The summed E-state index contributed by atoms with van der Waals surface area (Å²) >= 11 is 3.32. The number of nitrogen functional groups attached to an aromatic ring is 2. The van der Waals surface area contributed by atoms with Gasteiger partial charge in [0.15, 0.2) is 5.78 Å². The molecule has 0 aliphatic rings. The highest BCUT2D eigenvalue weighted by atomic mass is 79.9. The Kier molecular flexibility index (Phi) is 3.62. The molecule has 0 unspecified atom stereocenters. The second-order valence-electron chi connectivity index (χ2n) is 3.88. The topological polar surface area (TPSA) is 82.0 Å². The molecule has 4 N–H and O–H groups in total. The molecular weight excluding hydrogens is 294 g/mol. The van der Waals surface area contributed by atoms with Crippen LogP contribution in [0.3, 0.4) is 0 Å². The normalized spacial score (nSPS) is 10.3. The Morgan fingerprint density at radius 2 is 2.06 bits per heavy atom. The molecule has 2 aromatic rings. The molecule has 1 aromatic carbocycles. The number of pyridine rings is 1. The summed E-state index contributed by atoms with van der Waals surface area (Å²) in [5, 5.41) is 0. The van der Waals surface area contributed by atoms with Crippen molar-refractivity contribution in [2.45, 2.75) is 6.42 Å². The maximum Gasteiger partial charge on any atom is 0.169 e. The van der Waals surface area contributed by atoms with Crippen molar-refractivity contribution < 1.29 is 4.79 Å². The summed E-state index contributed by atoms with van der Waals surface area (Å²) in [6, 6.07) is 8.75. The van der Waals surface area contributed by atoms with E-state index in [1.165, 1.54) is 0 Å². The van der Waals surface area contributed by atoms with Crippen molar-refractivity contribution in [3.63, 3.8) is 0 Å². The molecule has 0 aliphatic carbocycles. The van der Waals surface area contributed by atoms with Gasteiger partial charge in [-0.2, -0.15) is 0 Å². The van der Waals surface area contributed by atoms with Crippen molar-refractivity contribution in [3.8, 4) is 0 Å². The van der Waals surface area contributed by atoms with Crippen LogP contribution in [0.25, 0.3) is 0 Å². The molecule has 0 saturated heterocycles. The molecule has 0 bridgehead atoms. The predicted octanol–water partition coefficient (Wildman–Crippen LogP) is 2.43. The average molecular weight is 306 g/mol. The van der Waals surface area contributed by atoms with E-state index >= 15 is 0 Å². The van der Waals surface area contributed by atoms with Crippen LogP contribution in [-0.2, 0) is 6.42 Å². The monoisotopic (exact) mass is 305 g/mol. The molecule has 0 saturated carbocycles. The summed E-state index contributed by atoms with van der Waals surface area (Å²) in [7, 11) is 0. The number of carbonyl (C=O) groups is 1. The van der Waals surface area contributed by atoms with Gasteiger partial charge in [-0.3, -0.25) is 4.79 Å². The average Bonchev–Trinajstić information content (AvgIpc) is 2.35. The number of ketones is 1. The van der Waals surface area contributed by atoms with E-state index in [1.54, 1.807) is 36.5 Å². The first-order valence-electron chi connectivity index (χ1n) is 5.35. The zero-order valence-electron chi connectivity index (χ0n) is 9.56. The van der Waals surface area contributed by atoms with Crippen molar-refractivity contribution in [2.24, 2.45) is 0 Å². The summed E-state index contributed by atoms with van der Waals surface area (Å²) < 4.78 is 0.819. The predicted molar refractivity (Wildman–Crippen MR) is 75.2 cm³/mol. The lowest BCUT2D eigenvalue weighted by atomic mass is 10.0. The minimum Gasteiger partial charge on any atom is -0.398 e. The van der Waals surface area contributed by atoms with Gasteiger partial charge < -0.3 is 11.5 Å². The lowest BCUT2D eigenvalue weighted by Gasteiger charge is -2.07. The molecule has 18 heavy (non-hydrogen) atoms. The summed E-state index contributed by atoms with van der Waals surface area (Å²) in [6.45, 7) is 0. The summed E-state index contributed by atoms with van der Waals surface area (Å²) in [5.41, 5.74) is 13.2. The zero-order chi connectivity index (χ0) is 13.1. The number of rotatable bonds is 3. The van der Waals surface area contributed by atoms with E-state index in [9.17, 15) is 4.79 Å². The van der Waals surface area contributed by atoms with Crippen molar-refractivity contribution in [1.29, 1.82) is 0 Å². The van der Waals surface area contributed by atoms with Gasteiger partial charge in [-0.1, -0.05) is 22.0 Å². The molecule has 0 radical (unpaired) electrons. The van der Waals surface area contributed by atoms with Gasteiger partial charge in [0.25, 0.3) is 0 Å². The van der Waals surface area contributed by atoms with Crippen molar-refractivity contribution in [1.82, 2.24) is 4.98 Å². The molecule has 5 heteroatoms. The van der Waals surface area contributed by atoms with Crippen LogP contribution in [0.4, 0.5) is 11.5 Å². The van der Waals surface area contributed by atoms with E-state index in [1.807, 2.05) is 0 Å². The third kappa shape index (κ3) is 2.68. The van der Waals surface area contributed by atoms with Gasteiger partial charge in [-0.25, -0.2) is 4.98 Å². The van der Waals surface area contributed by atoms with E-state index in [0.29, 0.717) is 22.6 Å². The van der Waals surface area contributed by atoms with Crippen LogP contribution in [-0.4, -0.2) is 10.8 Å². The number of halogens is 1. The quantitative estimate of drug-likeness (QED) is 0.674. The Bertz CT molecular complexity index is 599. The van der Waals surface area contributed by atoms with Crippen molar-refractivity contribution >= 4 is 33.2 Å². The van der Waals surface area contributed by atoms with E-state index in [2.05, 4.69) is 20.9 Å². The molecular formula is C13H12BrN3O.